The number of anilines is 1. The summed E-state index contributed by atoms with van der Waals surface area (Å²) in [6, 6.07) is 4.92. The molecule has 0 aliphatic rings. The van der Waals surface area contributed by atoms with Crippen LogP contribution in [0.15, 0.2) is 22.6 Å². The Hall–Kier alpha value is -1.59. The van der Waals surface area contributed by atoms with E-state index in [0.717, 1.165) is 17.5 Å². The third-order valence-electron chi connectivity index (χ3n) is 3.06. The number of hydrogen-bond donors (Lipinski definition) is 2. The molecule has 0 aliphatic heterocycles. The average Bonchev–Trinajstić information content (AvgIpc) is 2.80. The number of benzene rings is 1. The molecule has 0 fully saturated rings. The molecule has 5 nitrogen and oxygen atoms in total. The number of carbonyl (C=O) groups excluding carboxylic acids is 1. The van der Waals surface area contributed by atoms with Crippen molar-refractivity contribution in [3.05, 3.63) is 24.1 Å². The smallest absolute Gasteiger partial charge is 0.241 e. The number of rotatable bonds is 5. The van der Waals surface area contributed by atoms with Gasteiger partial charge in [0, 0.05) is 12.1 Å². The van der Waals surface area contributed by atoms with Crippen LogP contribution in [0.25, 0.3) is 11.1 Å². The van der Waals surface area contributed by atoms with E-state index >= 15 is 0 Å². The summed E-state index contributed by atoms with van der Waals surface area (Å²) in [5.74, 6) is 0.915. The van der Waals surface area contributed by atoms with Crippen LogP contribution in [0.2, 0.25) is 0 Å². The molecule has 21 heavy (non-hydrogen) atoms. The Bertz CT molecular complexity index is 610. The van der Waals surface area contributed by atoms with Gasteiger partial charge in [-0.3, -0.25) is 4.79 Å². The van der Waals surface area contributed by atoms with Gasteiger partial charge in [-0.2, -0.15) is 0 Å². The Morgan fingerprint density at radius 3 is 2.76 bits per heavy atom. The van der Waals surface area contributed by atoms with Gasteiger partial charge in [0.2, 0.25) is 5.91 Å². The highest BCUT2D eigenvalue weighted by Crippen LogP contribution is 2.20. The Morgan fingerprint density at radius 2 is 2.14 bits per heavy atom. The Morgan fingerprint density at radius 1 is 1.43 bits per heavy atom. The third kappa shape index (κ3) is 4.44. The zero-order chi connectivity index (χ0) is 14.7. The molecule has 0 unspecified atom stereocenters. The van der Waals surface area contributed by atoms with E-state index in [1.165, 1.54) is 0 Å². The Kier molecular flexibility index (Phi) is 6.18. The maximum Gasteiger partial charge on any atom is 0.241 e. The van der Waals surface area contributed by atoms with Crippen molar-refractivity contribution in [3.63, 3.8) is 0 Å². The van der Waals surface area contributed by atoms with Gasteiger partial charge >= 0.3 is 0 Å². The molecular formula is C15H22ClN3O2. The van der Waals surface area contributed by atoms with Gasteiger partial charge in [0.15, 0.2) is 11.5 Å². The molecule has 1 amide bonds. The van der Waals surface area contributed by atoms with Crippen LogP contribution in [-0.2, 0) is 11.2 Å². The number of aromatic nitrogens is 1. The molecule has 0 bridgehead atoms. The molecule has 1 aromatic carbocycles. The molecule has 1 atom stereocenters. The van der Waals surface area contributed by atoms with Crippen LogP contribution in [0.1, 0.15) is 33.1 Å². The van der Waals surface area contributed by atoms with Gasteiger partial charge in [-0.15, -0.1) is 12.4 Å². The lowest BCUT2D eigenvalue weighted by molar-refractivity contribution is -0.117. The van der Waals surface area contributed by atoms with Crippen molar-refractivity contribution >= 4 is 35.1 Å². The van der Waals surface area contributed by atoms with Crippen LogP contribution < -0.4 is 11.1 Å². The van der Waals surface area contributed by atoms with Crippen molar-refractivity contribution < 1.29 is 9.21 Å². The molecule has 0 aliphatic carbocycles. The fourth-order valence-electron chi connectivity index (χ4n) is 2.05. The van der Waals surface area contributed by atoms with Gasteiger partial charge in [-0.05, 0) is 30.5 Å². The number of amides is 1. The van der Waals surface area contributed by atoms with Gasteiger partial charge in [-0.1, -0.05) is 20.8 Å². The number of nitrogens with one attached hydrogen (secondary N) is 1. The summed E-state index contributed by atoms with van der Waals surface area (Å²) in [5, 5.41) is 2.82. The SMILES string of the molecule is CCc1nc2cc(NC(=O)[C@@H](N)CC(C)C)ccc2o1.Cl. The highest BCUT2D eigenvalue weighted by atomic mass is 35.5. The molecule has 0 saturated carbocycles. The van der Waals surface area contributed by atoms with Gasteiger partial charge in [0.1, 0.15) is 5.52 Å². The maximum atomic E-state index is 12.0. The predicted molar refractivity (Wildman–Crippen MR) is 86.7 cm³/mol. The second kappa shape index (κ2) is 7.43. The number of oxazole rings is 1. The first-order chi connectivity index (χ1) is 9.49. The predicted octanol–water partition coefficient (Wildman–Crippen LogP) is 3.12. The molecule has 1 heterocycles. The standard InChI is InChI=1S/C15H21N3O2.ClH/c1-4-14-18-12-8-10(5-6-13(12)20-14)17-15(19)11(16)7-9(2)3;/h5-6,8-9,11H,4,7,16H2,1-3H3,(H,17,19);1H/t11-;/m0./s1. The van der Waals surface area contributed by atoms with Crippen LogP contribution in [0.3, 0.4) is 0 Å². The summed E-state index contributed by atoms with van der Waals surface area (Å²) >= 11 is 0. The van der Waals surface area contributed by atoms with Crippen LogP contribution in [0.5, 0.6) is 0 Å². The highest BCUT2D eigenvalue weighted by molar-refractivity contribution is 5.96. The fraction of sp³-hybridized carbons (Fsp3) is 0.467. The second-order valence-corrected chi connectivity index (χ2v) is 5.37. The summed E-state index contributed by atoms with van der Waals surface area (Å²) in [6.45, 7) is 6.07. The minimum atomic E-state index is -0.491. The minimum absolute atomic E-state index is 0. The Balaban J connectivity index is 0.00000220. The van der Waals surface area contributed by atoms with Crippen LogP contribution >= 0.6 is 12.4 Å². The zero-order valence-electron chi connectivity index (χ0n) is 12.6. The van der Waals surface area contributed by atoms with Crippen molar-refractivity contribution in [2.45, 2.75) is 39.7 Å². The lowest BCUT2D eigenvalue weighted by atomic mass is 10.0. The van der Waals surface area contributed by atoms with Crippen molar-refractivity contribution in [3.8, 4) is 0 Å². The van der Waals surface area contributed by atoms with Crippen LogP contribution in [0.4, 0.5) is 5.69 Å². The topological polar surface area (TPSA) is 81.2 Å². The highest BCUT2D eigenvalue weighted by Gasteiger charge is 2.15. The number of aryl methyl sites for hydroxylation is 1. The number of nitrogens with two attached hydrogens (primary N) is 1. The number of carbonyl (C=O) groups is 1. The van der Waals surface area contributed by atoms with E-state index in [0.29, 0.717) is 23.9 Å². The lowest BCUT2D eigenvalue weighted by Gasteiger charge is -2.14. The maximum absolute atomic E-state index is 12.0. The number of fused-ring (bicyclic) bond motifs is 1. The van der Waals surface area contributed by atoms with E-state index in [-0.39, 0.29) is 18.3 Å². The molecule has 1 aromatic heterocycles. The Labute approximate surface area is 130 Å². The van der Waals surface area contributed by atoms with Crippen molar-refractivity contribution in [2.75, 3.05) is 5.32 Å². The third-order valence-corrected chi connectivity index (χ3v) is 3.06. The number of hydrogen-bond acceptors (Lipinski definition) is 4. The molecule has 0 saturated heterocycles. The molecule has 0 radical (unpaired) electrons. The van der Waals surface area contributed by atoms with Crippen molar-refractivity contribution in [1.82, 2.24) is 4.98 Å². The first kappa shape index (κ1) is 17.5. The van der Waals surface area contributed by atoms with Crippen LogP contribution in [-0.4, -0.2) is 16.9 Å². The van der Waals surface area contributed by atoms with E-state index in [4.69, 9.17) is 10.2 Å². The number of halogens is 1. The molecule has 0 spiro atoms. The largest absolute Gasteiger partial charge is 0.441 e. The van der Waals surface area contributed by atoms with Gasteiger partial charge in [0.05, 0.1) is 6.04 Å². The van der Waals surface area contributed by atoms with Gasteiger partial charge in [-0.25, -0.2) is 4.98 Å². The minimum Gasteiger partial charge on any atom is -0.441 e. The lowest BCUT2D eigenvalue weighted by Crippen LogP contribution is -2.36. The molecule has 2 aromatic rings. The van der Waals surface area contributed by atoms with Gasteiger partial charge in [0.25, 0.3) is 0 Å². The molecular weight excluding hydrogens is 290 g/mol. The zero-order valence-corrected chi connectivity index (χ0v) is 13.4. The van der Waals surface area contributed by atoms with Crippen LogP contribution in [0, 0.1) is 5.92 Å². The van der Waals surface area contributed by atoms with E-state index in [9.17, 15) is 4.79 Å². The first-order valence-electron chi connectivity index (χ1n) is 6.95. The summed E-state index contributed by atoms with van der Waals surface area (Å²) in [7, 11) is 0. The van der Waals surface area contributed by atoms with E-state index in [1.54, 1.807) is 12.1 Å². The molecule has 3 N–H and O–H groups in total. The van der Waals surface area contributed by atoms with E-state index in [1.807, 2.05) is 26.8 Å². The van der Waals surface area contributed by atoms with Crippen molar-refractivity contribution in [1.29, 1.82) is 0 Å². The van der Waals surface area contributed by atoms with E-state index < -0.39 is 6.04 Å². The summed E-state index contributed by atoms with van der Waals surface area (Å²) in [4.78, 5) is 16.3. The summed E-state index contributed by atoms with van der Waals surface area (Å²) in [6.07, 6.45) is 1.41. The average molecular weight is 312 g/mol. The first-order valence-corrected chi connectivity index (χ1v) is 6.95. The van der Waals surface area contributed by atoms with E-state index in [2.05, 4.69) is 10.3 Å². The fourth-order valence-corrected chi connectivity index (χ4v) is 2.05. The summed E-state index contributed by atoms with van der Waals surface area (Å²) < 4.78 is 5.53. The van der Waals surface area contributed by atoms with Gasteiger partial charge < -0.3 is 15.5 Å². The molecule has 2 rings (SSSR count). The molecule has 6 heteroatoms. The molecule has 116 valence electrons. The quantitative estimate of drug-likeness (QED) is 0.889. The normalized spacial score (nSPS) is 12.2. The monoisotopic (exact) mass is 311 g/mol. The number of nitrogens with zero attached hydrogens (tertiary/aromatic N) is 1. The van der Waals surface area contributed by atoms with Crippen molar-refractivity contribution in [2.24, 2.45) is 11.7 Å². The summed E-state index contributed by atoms with van der Waals surface area (Å²) in [5.41, 5.74) is 8.03. The second-order valence-electron chi connectivity index (χ2n) is 5.37.